The van der Waals surface area contributed by atoms with Crippen LogP contribution >= 0.6 is 0 Å². The first-order valence-corrected chi connectivity index (χ1v) is 20.0. The largest absolute Gasteiger partial charge is 0.480 e. The fraction of sp³-hybridized carbons (Fsp3) is 0.375. The number of carboxylic acids is 3. The zero-order chi connectivity index (χ0) is 46.8. The molecule has 0 aliphatic heterocycles. The second-order valence-corrected chi connectivity index (χ2v) is 15.7. The normalized spacial score (nSPS) is 10.8. The minimum Gasteiger partial charge on any atom is -0.480 e. The van der Waals surface area contributed by atoms with Crippen molar-refractivity contribution in [2.45, 2.75) is 79.1 Å². The third-order valence-corrected chi connectivity index (χ3v) is 8.41. The zero-order valence-electron chi connectivity index (χ0n) is 34.6. The number of nitrogens with one attached hydrogen (secondary N) is 2. The van der Waals surface area contributed by atoms with Gasteiger partial charge in [0.25, 0.3) is 21.9 Å². The lowest BCUT2D eigenvalue weighted by atomic mass is 10.1. The summed E-state index contributed by atoms with van der Waals surface area (Å²) in [7, 11) is -4.13. The van der Waals surface area contributed by atoms with E-state index in [-0.39, 0.29) is 58.3 Å². The maximum atomic E-state index is 13.6. The molecule has 0 aromatic carbocycles. The molecule has 0 unspecified atom stereocenters. The van der Waals surface area contributed by atoms with Gasteiger partial charge in [-0.2, -0.15) is 8.42 Å². The van der Waals surface area contributed by atoms with Crippen LogP contribution in [-0.4, -0.2) is 96.8 Å². The van der Waals surface area contributed by atoms with Crippen molar-refractivity contribution in [1.82, 2.24) is 30.6 Å². The van der Waals surface area contributed by atoms with Gasteiger partial charge in [0.05, 0.1) is 45.1 Å². The van der Waals surface area contributed by atoms with Gasteiger partial charge >= 0.3 is 17.9 Å². The van der Waals surface area contributed by atoms with Crippen molar-refractivity contribution in [2.24, 2.45) is 0 Å². The van der Waals surface area contributed by atoms with Crippen molar-refractivity contribution in [2.75, 3.05) is 18.8 Å². The summed E-state index contributed by atoms with van der Waals surface area (Å²) in [6.07, 6.45) is 5.15. The number of hydrogen-bond acceptors (Lipinski definition) is 11. The number of aliphatic carboxylic acids is 1. The number of halogens is 3. The van der Waals surface area contributed by atoms with E-state index in [4.69, 9.17) is 19.9 Å². The molecule has 332 valence electrons. The molecule has 0 aliphatic carbocycles. The summed E-state index contributed by atoms with van der Waals surface area (Å²) in [6, 6.07) is 6.19. The highest BCUT2D eigenvalue weighted by atomic mass is 32.2. The van der Waals surface area contributed by atoms with Crippen molar-refractivity contribution in [3.63, 3.8) is 0 Å². The third-order valence-electron chi connectivity index (χ3n) is 7.69. The number of aromatic nitrogens is 4. The molecule has 0 fully saturated rings. The zero-order valence-corrected chi connectivity index (χ0v) is 35.4. The number of carboxylic acid groups (broad SMARTS) is 3. The number of aromatic carboxylic acids is 2. The number of carbonyl (C=O) groups is 5. The van der Waals surface area contributed by atoms with E-state index in [2.05, 4.69) is 30.6 Å². The maximum absolute atomic E-state index is 13.6. The van der Waals surface area contributed by atoms with Gasteiger partial charge in [0.1, 0.15) is 24.0 Å². The summed E-state index contributed by atoms with van der Waals surface area (Å²) in [5.41, 5.74) is 1.83. The molecule has 4 aromatic heterocycles. The summed E-state index contributed by atoms with van der Waals surface area (Å²) < 4.78 is 69.6. The summed E-state index contributed by atoms with van der Waals surface area (Å²) in [5.74, 6) is -6.80. The molecule has 61 heavy (non-hydrogen) atoms. The van der Waals surface area contributed by atoms with Gasteiger partial charge in [0, 0.05) is 37.0 Å². The standard InChI is InChI=1S/C11H15FN2O4S.C11H13FN2O3.C9H10FNO2.C9H11NO2/c1-7(2)10-9(12)5-8(6-14-10)11(15)13-3-4-19(16,17)18;1-6(2)10-8(12)3-7(4-13-10)11(17)14-5-9(15)16;1-5(2)8-7(10)3-6(4-11-8)9(12)13;1-6(2)8-5-7(9(11)12)3-4-10-8/h5-7H,3-4H2,1-2H3,(H,13,15)(H,16,17,18);3-4,6H,5H2,1-2H3,(H,14,17)(H,15,16);3-5H,1-2H3,(H,12,13);3-6H,1-2H3,(H,11,12). The summed E-state index contributed by atoms with van der Waals surface area (Å²) in [6.45, 7) is 13.9. The predicted octanol–water partition coefficient (Wildman–Crippen LogP) is 6.07. The first-order valence-electron chi connectivity index (χ1n) is 18.4. The fourth-order valence-corrected chi connectivity index (χ4v) is 4.90. The molecule has 21 heteroatoms. The first-order chi connectivity index (χ1) is 28.2. The molecular weight excluding hydrogens is 830 g/mol. The molecule has 0 saturated carbocycles. The van der Waals surface area contributed by atoms with Crippen LogP contribution in [0.4, 0.5) is 13.2 Å². The molecule has 4 heterocycles. The van der Waals surface area contributed by atoms with Crippen LogP contribution in [0, 0.1) is 17.5 Å². The Morgan fingerprint density at radius 1 is 0.590 bits per heavy atom. The van der Waals surface area contributed by atoms with E-state index in [0.29, 0.717) is 11.3 Å². The highest BCUT2D eigenvalue weighted by molar-refractivity contribution is 7.85. The molecule has 4 rings (SSSR count). The smallest absolute Gasteiger partial charge is 0.337 e. The SMILES string of the molecule is CC(C)c1cc(C(=O)O)ccn1.CC(C)c1ncc(C(=O)NCC(=O)O)cc1F.CC(C)c1ncc(C(=O)NCCS(=O)(=O)O)cc1F.CC(C)c1ncc(C(=O)O)cc1F. The Balaban J connectivity index is 0.000000413. The van der Waals surface area contributed by atoms with Crippen LogP contribution in [0.15, 0.2) is 55.1 Å². The van der Waals surface area contributed by atoms with Gasteiger partial charge in [-0.1, -0.05) is 55.4 Å². The van der Waals surface area contributed by atoms with E-state index in [9.17, 15) is 45.6 Å². The molecule has 0 saturated heterocycles. The number of carbonyl (C=O) groups excluding carboxylic acids is 2. The van der Waals surface area contributed by atoms with E-state index in [1.54, 1.807) is 47.6 Å². The Morgan fingerprint density at radius 2 is 0.984 bits per heavy atom. The molecule has 2 amide bonds. The maximum Gasteiger partial charge on any atom is 0.337 e. The lowest BCUT2D eigenvalue weighted by Gasteiger charge is -2.08. The lowest BCUT2D eigenvalue weighted by Crippen LogP contribution is -2.29. The second kappa shape index (κ2) is 24.7. The molecule has 4 aromatic rings. The quantitative estimate of drug-likeness (QED) is 0.0832. The van der Waals surface area contributed by atoms with Crippen molar-refractivity contribution in [3.8, 4) is 0 Å². The number of hydrogen-bond donors (Lipinski definition) is 6. The van der Waals surface area contributed by atoms with Crippen LogP contribution in [0.3, 0.4) is 0 Å². The van der Waals surface area contributed by atoms with Gasteiger partial charge in [0.2, 0.25) is 0 Å². The van der Waals surface area contributed by atoms with E-state index in [1.165, 1.54) is 30.9 Å². The molecule has 0 aliphatic rings. The molecule has 17 nitrogen and oxygen atoms in total. The molecule has 6 N–H and O–H groups in total. The van der Waals surface area contributed by atoms with Gasteiger partial charge in [-0.25, -0.2) is 22.8 Å². The number of amides is 2. The van der Waals surface area contributed by atoms with Crippen LogP contribution < -0.4 is 10.6 Å². The summed E-state index contributed by atoms with van der Waals surface area (Å²) >= 11 is 0. The van der Waals surface area contributed by atoms with Crippen LogP contribution in [0.25, 0.3) is 0 Å². The fourth-order valence-electron chi connectivity index (χ4n) is 4.54. The number of pyridine rings is 4. The van der Waals surface area contributed by atoms with E-state index >= 15 is 0 Å². The predicted molar refractivity (Wildman–Crippen MR) is 216 cm³/mol. The Kier molecular flexibility index (Phi) is 21.3. The molecule has 0 radical (unpaired) electrons. The highest BCUT2D eigenvalue weighted by Gasteiger charge is 2.16. The van der Waals surface area contributed by atoms with Crippen LogP contribution in [0.5, 0.6) is 0 Å². The first kappa shape index (κ1) is 52.7. The van der Waals surface area contributed by atoms with E-state index in [0.717, 1.165) is 23.9 Å². The Morgan fingerprint density at radius 3 is 1.33 bits per heavy atom. The van der Waals surface area contributed by atoms with Crippen molar-refractivity contribution in [1.29, 1.82) is 0 Å². The van der Waals surface area contributed by atoms with E-state index in [1.807, 2.05) is 13.8 Å². The number of rotatable bonds is 13. The third kappa shape index (κ3) is 19.1. The molecular formula is C40H49F3N6O11S. The van der Waals surface area contributed by atoms with Gasteiger partial charge in [0.15, 0.2) is 0 Å². The average molecular weight is 879 g/mol. The van der Waals surface area contributed by atoms with Gasteiger partial charge in [-0.05, 0) is 54.0 Å². The summed E-state index contributed by atoms with van der Waals surface area (Å²) in [4.78, 5) is 69.7. The molecule has 0 atom stereocenters. The van der Waals surface area contributed by atoms with Crippen LogP contribution in [-0.2, 0) is 14.9 Å². The molecule has 0 spiro atoms. The van der Waals surface area contributed by atoms with E-state index < -0.39 is 69.6 Å². The minimum absolute atomic E-state index is 0.00256. The highest BCUT2D eigenvalue weighted by Crippen LogP contribution is 2.18. The monoisotopic (exact) mass is 878 g/mol. The average Bonchev–Trinajstić information content (AvgIpc) is 3.16. The Labute approximate surface area is 350 Å². The van der Waals surface area contributed by atoms with Crippen molar-refractivity contribution < 1.29 is 65.4 Å². The molecule has 0 bridgehead atoms. The van der Waals surface area contributed by atoms with Crippen LogP contribution in [0.1, 0.15) is 143 Å². The minimum atomic E-state index is -4.13. The Hall–Kier alpha value is -6.35. The second-order valence-electron chi connectivity index (χ2n) is 14.1. The lowest BCUT2D eigenvalue weighted by molar-refractivity contribution is -0.135. The van der Waals surface area contributed by atoms with Crippen molar-refractivity contribution >= 4 is 39.8 Å². The van der Waals surface area contributed by atoms with Crippen molar-refractivity contribution in [3.05, 3.63) is 118 Å². The van der Waals surface area contributed by atoms with Gasteiger partial charge < -0.3 is 26.0 Å². The topological polar surface area (TPSA) is 276 Å². The Bertz CT molecular complexity index is 2270. The van der Waals surface area contributed by atoms with Gasteiger partial charge in [-0.15, -0.1) is 0 Å². The summed E-state index contributed by atoms with van der Waals surface area (Å²) in [5, 5.41) is 29.9. The van der Waals surface area contributed by atoms with Gasteiger partial charge in [-0.3, -0.25) is 38.9 Å². The van der Waals surface area contributed by atoms with Crippen LogP contribution in [0.2, 0.25) is 0 Å². The number of nitrogens with zero attached hydrogens (tertiary/aromatic N) is 4.